The zero-order valence-corrected chi connectivity index (χ0v) is 29.5. The van der Waals surface area contributed by atoms with Crippen molar-refractivity contribution in [2.75, 3.05) is 0 Å². The molecule has 324 valence electrons. The quantitative estimate of drug-likeness (QED) is 0.0215. The summed E-state index contributed by atoms with van der Waals surface area (Å²) in [5, 5.41) is 3.60. The number of hydrogen-bond donors (Lipinski definition) is 0. The van der Waals surface area contributed by atoms with Gasteiger partial charge >= 0.3 is 0 Å². The Hall–Kier alpha value is -6.78. The molecule has 0 fully saturated rings. The molecule has 0 aliphatic heterocycles. The van der Waals surface area contributed by atoms with Gasteiger partial charge in [-0.25, -0.2) is 87.8 Å². The molecule has 0 saturated heterocycles. The maximum absolute atomic E-state index is 15.4. The molecule has 0 spiro atoms. The molecule has 0 aliphatic rings. The van der Waals surface area contributed by atoms with Gasteiger partial charge in [0, 0.05) is 22.6 Å². The summed E-state index contributed by atoms with van der Waals surface area (Å²) in [4.78, 5) is 2.79. The number of halogens is 20. The van der Waals surface area contributed by atoms with Gasteiger partial charge in [-0.3, -0.25) is 0 Å². The predicted octanol–water partition coefficient (Wildman–Crippen LogP) is 8.68. The van der Waals surface area contributed by atoms with Crippen LogP contribution < -0.4 is 26.4 Å². The van der Waals surface area contributed by atoms with Gasteiger partial charge in [0.25, 0.3) is 0 Å². The Morgan fingerprint density at radius 2 is 0.661 bits per heavy atom. The monoisotopic (exact) mass is 904 g/mol. The average molecular weight is 904 g/mol. The highest BCUT2D eigenvalue weighted by Gasteiger charge is 2.52. The first-order valence-electron chi connectivity index (χ1n) is 16.4. The Balaban J connectivity index is 0.000000355. The highest BCUT2D eigenvalue weighted by atomic mass is 19.2. The molecule has 1 heterocycles. The molecule has 0 N–H and O–H groups in total. The Kier molecular flexibility index (Phi) is 13.2. The highest BCUT2D eigenvalue weighted by Crippen LogP contribution is 2.30. The predicted molar refractivity (Wildman–Crippen MR) is 174 cm³/mol. The summed E-state index contributed by atoms with van der Waals surface area (Å²) in [6, 6.07) is 16.1. The van der Waals surface area contributed by atoms with Gasteiger partial charge in [0.1, 0.15) is 59.2 Å². The number of nitrogens with zero attached hydrogens (tertiary/aromatic N) is 4. The van der Waals surface area contributed by atoms with Gasteiger partial charge in [0.05, 0.1) is 0 Å². The van der Waals surface area contributed by atoms with E-state index in [4.69, 9.17) is 5.53 Å². The van der Waals surface area contributed by atoms with E-state index in [-0.39, 0.29) is 0 Å². The largest absolute Gasteiger partial charge is 0.207 e. The van der Waals surface area contributed by atoms with Crippen LogP contribution in [0.3, 0.4) is 0 Å². The van der Waals surface area contributed by atoms with Crippen LogP contribution in [0.25, 0.3) is 10.4 Å². The fourth-order valence-corrected chi connectivity index (χ4v) is 6.57. The van der Waals surface area contributed by atoms with Crippen LogP contribution in [0, 0.1) is 116 Å². The van der Waals surface area contributed by atoms with Crippen molar-refractivity contribution in [1.82, 2.24) is 0 Å². The van der Waals surface area contributed by atoms with Crippen molar-refractivity contribution in [3.05, 3.63) is 193 Å². The van der Waals surface area contributed by atoms with Crippen LogP contribution >= 0.6 is 0 Å². The van der Waals surface area contributed by atoms with Crippen molar-refractivity contribution in [1.29, 1.82) is 0 Å². The molecule has 6 rings (SSSR count). The molecule has 62 heavy (non-hydrogen) atoms. The fourth-order valence-electron chi connectivity index (χ4n) is 6.57. The first-order chi connectivity index (χ1) is 29.1. The minimum absolute atomic E-state index is 0.379. The van der Waals surface area contributed by atoms with Crippen molar-refractivity contribution in [2.45, 2.75) is 13.1 Å². The summed E-state index contributed by atoms with van der Waals surface area (Å²) < 4.78 is 296. The third-order valence-electron chi connectivity index (χ3n) is 9.23. The lowest BCUT2D eigenvalue weighted by Crippen LogP contribution is -2.81. The van der Waals surface area contributed by atoms with E-state index in [0.29, 0.717) is 6.54 Å². The summed E-state index contributed by atoms with van der Waals surface area (Å²) in [7, 11) is 0. The lowest BCUT2D eigenvalue weighted by molar-refractivity contribution is -0.695. The smallest absolute Gasteiger partial charge is 0.200 e. The van der Waals surface area contributed by atoms with E-state index in [1.165, 1.54) is 5.56 Å². The standard InChI is InChI=1S/C24BF20.C13H13N4/c26-5-1(6(27)14(35)21(42)13(5)34)25(2-7(28)15(36)22(43)16(37)8(2)29,3-9(30)17(38)23(44)18(39)10(3)31)4-11(32)19(40)24(45)20(41)12(4)33;14-16-15-10-13-8-4-5-9-17(13)11-12-6-2-1-3-7-12/h;1-9H,10-11H2/q-1;+1. The Labute approximate surface area is 331 Å². The second kappa shape index (κ2) is 17.7. The highest BCUT2D eigenvalue weighted by molar-refractivity contribution is 7.20. The molecule has 4 nitrogen and oxygen atoms in total. The molecular weight excluding hydrogens is 891 g/mol. The lowest BCUT2D eigenvalue weighted by atomic mass is 9.12. The second-order valence-corrected chi connectivity index (χ2v) is 12.5. The van der Waals surface area contributed by atoms with Crippen molar-refractivity contribution in [3.63, 3.8) is 0 Å². The van der Waals surface area contributed by atoms with Crippen LogP contribution in [0.2, 0.25) is 0 Å². The summed E-state index contributed by atoms with van der Waals surface area (Å²) in [6.07, 6.45) is -5.22. The van der Waals surface area contributed by atoms with E-state index in [0.717, 1.165) is 12.2 Å². The SMILES string of the molecule is Fc1c(F)c(F)c([B-](c2c(F)c(F)c(F)c(F)c2F)(c2c(F)c(F)c(F)c(F)c2F)c2c(F)c(F)c(F)c(F)c2F)c(F)c1F.[N-]=[N+]=NCc1cccc[n+]1Cc1ccccc1. The Bertz CT molecular complexity index is 2440. The van der Waals surface area contributed by atoms with Gasteiger partial charge in [-0.05, 0) is 5.53 Å². The van der Waals surface area contributed by atoms with Gasteiger partial charge < -0.3 is 0 Å². The molecular formula is C37H13BF20N4. The van der Waals surface area contributed by atoms with Gasteiger partial charge in [0.15, 0.2) is 88.2 Å². The topological polar surface area (TPSA) is 52.6 Å². The van der Waals surface area contributed by atoms with Crippen molar-refractivity contribution in [3.8, 4) is 0 Å². The zero-order chi connectivity index (χ0) is 46.3. The maximum atomic E-state index is 15.4. The van der Waals surface area contributed by atoms with Crippen molar-refractivity contribution < 1.29 is 92.4 Å². The second-order valence-electron chi connectivity index (χ2n) is 12.5. The first-order valence-corrected chi connectivity index (χ1v) is 16.4. The molecule has 1 aromatic heterocycles. The molecule has 0 amide bonds. The Morgan fingerprint density at radius 1 is 0.387 bits per heavy atom. The van der Waals surface area contributed by atoms with E-state index in [1.807, 2.05) is 42.6 Å². The number of aromatic nitrogens is 1. The number of hydrogen-bond acceptors (Lipinski definition) is 1. The normalized spacial score (nSPS) is 11.4. The van der Waals surface area contributed by atoms with Crippen molar-refractivity contribution >= 4 is 28.0 Å². The van der Waals surface area contributed by atoms with E-state index in [2.05, 4.69) is 26.7 Å². The summed E-state index contributed by atoms with van der Waals surface area (Å²) in [5.74, 6) is -71.4. The minimum Gasteiger partial charge on any atom is -0.207 e. The molecule has 5 aromatic carbocycles. The van der Waals surface area contributed by atoms with Crippen LogP contribution in [0.15, 0.2) is 59.8 Å². The number of azide groups is 1. The molecule has 25 heteroatoms. The number of rotatable bonds is 8. The van der Waals surface area contributed by atoms with E-state index < -0.39 is 144 Å². The molecule has 0 radical (unpaired) electrons. The maximum Gasteiger partial charge on any atom is 0.200 e. The number of pyridine rings is 1. The van der Waals surface area contributed by atoms with Crippen molar-refractivity contribution in [2.24, 2.45) is 5.11 Å². The molecule has 0 unspecified atom stereocenters. The minimum atomic E-state index is -7.22. The van der Waals surface area contributed by atoms with Crippen LogP contribution in [-0.4, -0.2) is 6.15 Å². The van der Waals surface area contributed by atoms with Gasteiger partial charge in [-0.1, -0.05) is 41.5 Å². The van der Waals surface area contributed by atoms with Crippen LogP contribution in [0.5, 0.6) is 0 Å². The fraction of sp³-hybridized carbons (Fsp3) is 0.0541. The summed E-state index contributed by atoms with van der Waals surface area (Å²) in [6.45, 7) is 1.17. The molecule has 0 bridgehead atoms. The van der Waals surface area contributed by atoms with Gasteiger partial charge in [0.2, 0.25) is 0 Å². The Morgan fingerprint density at radius 3 is 0.952 bits per heavy atom. The van der Waals surface area contributed by atoms with Crippen LogP contribution in [0.1, 0.15) is 11.3 Å². The summed E-state index contributed by atoms with van der Waals surface area (Å²) in [5.41, 5.74) is -3.74. The molecule has 0 saturated carbocycles. The summed E-state index contributed by atoms with van der Waals surface area (Å²) >= 11 is 0. The molecule has 0 atom stereocenters. The van der Waals surface area contributed by atoms with E-state index in [1.54, 1.807) is 0 Å². The van der Waals surface area contributed by atoms with Crippen LogP contribution in [0.4, 0.5) is 87.8 Å². The van der Waals surface area contributed by atoms with E-state index >= 15 is 35.1 Å². The first kappa shape index (κ1) is 46.3. The van der Waals surface area contributed by atoms with Crippen LogP contribution in [-0.2, 0) is 13.1 Å². The lowest BCUT2D eigenvalue weighted by Gasteiger charge is -2.44. The van der Waals surface area contributed by atoms with Gasteiger partial charge in [-0.15, -0.1) is 21.9 Å². The zero-order valence-electron chi connectivity index (χ0n) is 29.5. The van der Waals surface area contributed by atoms with Gasteiger partial charge in [-0.2, -0.15) is 4.57 Å². The third-order valence-corrected chi connectivity index (χ3v) is 9.23. The molecule has 0 aliphatic carbocycles. The average Bonchev–Trinajstić information content (AvgIpc) is 3.26. The third kappa shape index (κ3) is 7.38. The van der Waals surface area contributed by atoms with E-state index in [9.17, 15) is 52.7 Å². The number of benzene rings is 5. The molecule has 6 aromatic rings.